The number of benzene rings is 2. The summed E-state index contributed by atoms with van der Waals surface area (Å²) < 4.78 is 1.27. The molecule has 0 bridgehead atoms. The van der Waals surface area contributed by atoms with Gasteiger partial charge in [-0.05, 0) is 55.0 Å². The average Bonchev–Trinajstić information content (AvgIpc) is 3.12. The number of aromatic nitrogens is 1. The van der Waals surface area contributed by atoms with Crippen LogP contribution in [0.25, 0.3) is 10.2 Å². The highest BCUT2D eigenvalue weighted by molar-refractivity contribution is 7.99. The van der Waals surface area contributed by atoms with Gasteiger partial charge in [0, 0.05) is 36.6 Å². The highest BCUT2D eigenvalue weighted by atomic mass is 32.2. The molecule has 1 aliphatic heterocycles. The fourth-order valence-electron chi connectivity index (χ4n) is 3.67. The first-order valence-corrected chi connectivity index (χ1v) is 11.5. The number of thioether (sulfide) groups is 1. The second-order valence-corrected chi connectivity index (χ2v) is 9.48. The summed E-state index contributed by atoms with van der Waals surface area (Å²) in [5, 5.41) is 1.07. The number of amides is 1. The molecule has 0 atom stereocenters. The zero-order chi connectivity index (χ0) is 19.7. The molecule has 0 aliphatic carbocycles. The Morgan fingerprint density at radius 2 is 1.93 bits per heavy atom. The number of rotatable bonds is 4. The second-order valence-electron chi connectivity index (χ2n) is 7.17. The summed E-state index contributed by atoms with van der Waals surface area (Å²) in [7, 11) is 0. The van der Waals surface area contributed by atoms with E-state index >= 15 is 0 Å². The minimum absolute atomic E-state index is 0.133. The molecule has 0 unspecified atom stereocenters. The van der Waals surface area contributed by atoms with Crippen molar-refractivity contribution in [2.45, 2.75) is 25.7 Å². The summed E-state index contributed by atoms with van der Waals surface area (Å²) in [4.78, 5) is 23.2. The molecule has 4 rings (SSSR count). The smallest absolute Gasteiger partial charge is 0.254 e. The second kappa shape index (κ2) is 8.13. The number of nitrogens with zero attached hydrogens (tertiary/aromatic N) is 3. The molecule has 0 saturated carbocycles. The zero-order valence-corrected chi connectivity index (χ0v) is 18.2. The highest BCUT2D eigenvalue weighted by Crippen LogP contribution is 2.32. The molecule has 4 nitrogen and oxygen atoms in total. The van der Waals surface area contributed by atoms with Crippen LogP contribution in [0.15, 0.2) is 41.3 Å². The van der Waals surface area contributed by atoms with Gasteiger partial charge in [-0.25, -0.2) is 4.98 Å². The van der Waals surface area contributed by atoms with Crippen LogP contribution in [-0.4, -0.2) is 47.7 Å². The van der Waals surface area contributed by atoms with Gasteiger partial charge in [0.1, 0.15) is 0 Å². The SMILES string of the molecule is CCSc1cccc(C(=O)N2CCN(c3nc4cc(C)cc(C)c4s3)CC2)c1. The largest absolute Gasteiger partial charge is 0.345 e. The number of thiazole rings is 1. The quantitative estimate of drug-likeness (QED) is 0.567. The minimum Gasteiger partial charge on any atom is -0.345 e. The number of carbonyl (C=O) groups is 1. The van der Waals surface area contributed by atoms with E-state index in [9.17, 15) is 4.79 Å². The van der Waals surface area contributed by atoms with Crippen LogP contribution in [0.5, 0.6) is 0 Å². The molecule has 2 aromatic carbocycles. The lowest BCUT2D eigenvalue weighted by atomic mass is 10.1. The van der Waals surface area contributed by atoms with Crippen molar-refractivity contribution in [1.29, 1.82) is 0 Å². The summed E-state index contributed by atoms with van der Waals surface area (Å²) >= 11 is 3.53. The monoisotopic (exact) mass is 411 g/mol. The molecule has 1 aliphatic rings. The molecule has 1 saturated heterocycles. The van der Waals surface area contributed by atoms with Crippen molar-refractivity contribution in [3.63, 3.8) is 0 Å². The van der Waals surface area contributed by atoms with Crippen LogP contribution in [0.3, 0.4) is 0 Å². The van der Waals surface area contributed by atoms with Gasteiger partial charge in [0.25, 0.3) is 5.91 Å². The number of piperazine rings is 1. The molecule has 0 N–H and O–H groups in total. The molecule has 1 fully saturated rings. The fraction of sp³-hybridized carbons (Fsp3) is 0.364. The molecule has 6 heteroatoms. The van der Waals surface area contributed by atoms with Crippen molar-refractivity contribution in [1.82, 2.24) is 9.88 Å². The maximum absolute atomic E-state index is 12.9. The van der Waals surface area contributed by atoms with Crippen LogP contribution in [0.2, 0.25) is 0 Å². The predicted octanol–water partition coefficient (Wildman–Crippen LogP) is 4.99. The van der Waals surface area contributed by atoms with Crippen LogP contribution in [-0.2, 0) is 0 Å². The lowest BCUT2D eigenvalue weighted by molar-refractivity contribution is 0.0746. The summed E-state index contributed by atoms with van der Waals surface area (Å²) in [6.45, 7) is 9.52. The number of fused-ring (bicyclic) bond motifs is 1. The highest BCUT2D eigenvalue weighted by Gasteiger charge is 2.24. The number of aryl methyl sites for hydroxylation is 2. The van der Waals surface area contributed by atoms with E-state index in [1.807, 2.05) is 23.1 Å². The number of hydrogen-bond acceptors (Lipinski definition) is 5. The van der Waals surface area contributed by atoms with Gasteiger partial charge in [-0.2, -0.15) is 0 Å². The van der Waals surface area contributed by atoms with Gasteiger partial charge >= 0.3 is 0 Å². The molecule has 28 heavy (non-hydrogen) atoms. The van der Waals surface area contributed by atoms with E-state index in [0.717, 1.165) is 53.0 Å². The van der Waals surface area contributed by atoms with Crippen molar-refractivity contribution in [3.8, 4) is 0 Å². The fourth-order valence-corrected chi connectivity index (χ4v) is 5.45. The first kappa shape index (κ1) is 19.3. The molecule has 1 aromatic heterocycles. The van der Waals surface area contributed by atoms with E-state index < -0.39 is 0 Å². The Morgan fingerprint density at radius 3 is 2.68 bits per heavy atom. The Balaban J connectivity index is 1.45. The molecular weight excluding hydrogens is 386 g/mol. The third-order valence-corrected chi connectivity index (χ3v) is 7.18. The van der Waals surface area contributed by atoms with Crippen molar-refractivity contribution in [2.75, 3.05) is 36.8 Å². The summed E-state index contributed by atoms with van der Waals surface area (Å²) in [6.07, 6.45) is 0. The van der Waals surface area contributed by atoms with Crippen LogP contribution >= 0.6 is 23.1 Å². The topological polar surface area (TPSA) is 36.4 Å². The van der Waals surface area contributed by atoms with E-state index in [2.05, 4.69) is 43.9 Å². The third kappa shape index (κ3) is 3.89. The normalized spacial score (nSPS) is 14.7. The molecule has 1 amide bonds. The maximum atomic E-state index is 12.9. The van der Waals surface area contributed by atoms with Gasteiger partial charge in [0.05, 0.1) is 10.2 Å². The number of carbonyl (C=O) groups excluding carboxylic acids is 1. The lowest BCUT2D eigenvalue weighted by Crippen LogP contribution is -2.48. The van der Waals surface area contributed by atoms with E-state index in [-0.39, 0.29) is 5.91 Å². The van der Waals surface area contributed by atoms with E-state index in [1.165, 1.54) is 15.8 Å². The van der Waals surface area contributed by atoms with Crippen LogP contribution in [0.1, 0.15) is 28.4 Å². The Morgan fingerprint density at radius 1 is 1.14 bits per heavy atom. The van der Waals surface area contributed by atoms with Gasteiger partial charge in [-0.3, -0.25) is 4.79 Å². The first-order chi connectivity index (χ1) is 13.5. The number of hydrogen-bond donors (Lipinski definition) is 0. The Labute approximate surface area is 174 Å². The zero-order valence-electron chi connectivity index (χ0n) is 16.6. The molecule has 2 heterocycles. The molecule has 3 aromatic rings. The molecule has 0 spiro atoms. The Bertz CT molecular complexity index is 1010. The predicted molar refractivity (Wildman–Crippen MR) is 120 cm³/mol. The van der Waals surface area contributed by atoms with Gasteiger partial charge in [0.2, 0.25) is 0 Å². The van der Waals surface area contributed by atoms with Crippen LogP contribution in [0.4, 0.5) is 5.13 Å². The Kier molecular flexibility index (Phi) is 5.60. The summed E-state index contributed by atoms with van der Waals surface area (Å²) in [5.41, 5.74) is 4.41. The van der Waals surface area contributed by atoms with E-state index in [4.69, 9.17) is 4.98 Å². The molecule has 146 valence electrons. The maximum Gasteiger partial charge on any atom is 0.254 e. The summed E-state index contributed by atoms with van der Waals surface area (Å²) in [5.74, 6) is 1.14. The summed E-state index contributed by atoms with van der Waals surface area (Å²) in [6, 6.07) is 12.4. The van der Waals surface area contributed by atoms with E-state index in [0.29, 0.717) is 0 Å². The van der Waals surface area contributed by atoms with Crippen molar-refractivity contribution < 1.29 is 4.79 Å². The van der Waals surface area contributed by atoms with Gasteiger partial charge in [-0.15, -0.1) is 11.8 Å². The first-order valence-electron chi connectivity index (χ1n) is 9.70. The van der Waals surface area contributed by atoms with Crippen molar-refractivity contribution in [2.24, 2.45) is 0 Å². The van der Waals surface area contributed by atoms with Gasteiger partial charge in [-0.1, -0.05) is 30.4 Å². The van der Waals surface area contributed by atoms with Crippen LogP contribution < -0.4 is 4.90 Å². The minimum atomic E-state index is 0.133. The van der Waals surface area contributed by atoms with Crippen molar-refractivity contribution in [3.05, 3.63) is 53.1 Å². The molecular formula is C22H25N3OS2. The lowest BCUT2D eigenvalue weighted by Gasteiger charge is -2.34. The third-order valence-electron chi connectivity index (χ3n) is 5.04. The molecule has 0 radical (unpaired) electrons. The standard InChI is InChI=1S/C22H25N3OS2/c1-4-27-18-7-5-6-17(14-18)21(26)24-8-10-25(11-9-24)22-23-19-13-15(2)12-16(3)20(19)28-22/h5-7,12-14H,4,8-11H2,1-3H3. The average molecular weight is 412 g/mol. The van der Waals surface area contributed by atoms with Gasteiger partial charge in [0.15, 0.2) is 5.13 Å². The van der Waals surface area contributed by atoms with E-state index in [1.54, 1.807) is 23.1 Å². The number of anilines is 1. The van der Waals surface area contributed by atoms with Crippen molar-refractivity contribution >= 4 is 44.4 Å². The Hall–Kier alpha value is -2.05. The van der Waals surface area contributed by atoms with Crippen LogP contribution in [0, 0.1) is 13.8 Å². The van der Waals surface area contributed by atoms with Gasteiger partial charge < -0.3 is 9.80 Å².